The first-order valence-corrected chi connectivity index (χ1v) is 7.57. The van der Waals surface area contributed by atoms with Gasteiger partial charge in [0.2, 0.25) is 0 Å². The van der Waals surface area contributed by atoms with Crippen molar-refractivity contribution in [2.75, 3.05) is 11.8 Å². The van der Waals surface area contributed by atoms with E-state index in [-0.39, 0.29) is 4.90 Å². The maximum Gasteiger partial charge on any atom is 0.262 e. The predicted octanol–water partition coefficient (Wildman–Crippen LogP) is 2.85. The summed E-state index contributed by atoms with van der Waals surface area (Å²) in [5, 5.41) is 0.342. The molecule has 7 heteroatoms. The predicted molar refractivity (Wildman–Crippen MR) is 77.8 cm³/mol. The number of halogens is 1. The van der Waals surface area contributed by atoms with E-state index in [1.807, 2.05) is 0 Å². The molecule has 0 radical (unpaired) electrons. The third kappa shape index (κ3) is 3.20. The molecule has 5 nitrogen and oxygen atoms in total. The van der Waals surface area contributed by atoms with Crippen molar-refractivity contribution in [3.63, 3.8) is 0 Å². The van der Waals surface area contributed by atoms with Gasteiger partial charge in [-0.25, -0.2) is 13.4 Å². The van der Waals surface area contributed by atoms with Crippen molar-refractivity contribution in [3.8, 4) is 5.75 Å². The normalized spacial score (nSPS) is 11.2. The molecule has 0 saturated carbocycles. The molecule has 20 heavy (non-hydrogen) atoms. The highest BCUT2D eigenvalue weighted by atomic mass is 35.5. The molecule has 0 saturated heterocycles. The zero-order valence-corrected chi connectivity index (χ0v) is 12.5. The molecule has 0 unspecified atom stereocenters. The number of pyridine rings is 1. The van der Waals surface area contributed by atoms with Gasteiger partial charge in [0.15, 0.2) is 0 Å². The maximum absolute atomic E-state index is 12.2. The van der Waals surface area contributed by atoms with E-state index in [0.29, 0.717) is 22.2 Å². The van der Waals surface area contributed by atoms with Crippen LogP contribution in [0.1, 0.15) is 5.56 Å². The van der Waals surface area contributed by atoms with Gasteiger partial charge in [0.25, 0.3) is 10.0 Å². The Bertz CT molecular complexity index is 732. The second-order valence-electron chi connectivity index (χ2n) is 4.12. The lowest BCUT2D eigenvalue weighted by molar-refractivity contribution is 0.413. The lowest BCUT2D eigenvalue weighted by atomic mass is 10.3. The molecule has 1 N–H and O–H groups in total. The van der Waals surface area contributed by atoms with E-state index in [4.69, 9.17) is 16.3 Å². The number of aromatic nitrogens is 1. The fourth-order valence-corrected chi connectivity index (χ4v) is 2.77. The van der Waals surface area contributed by atoms with E-state index in [0.717, 1.165) is 0 Å². The number of nitrogens with one attached hydrogen (secondary N) is 1. The first-order valence-electron chi connectivity index (χ1n) is 5.71. The lowest BCUT2D eigenvalue weighted by Gasteiger charge is -2.09. The van der Waals surface area contributed by atoms with Gasteiger partial charge in [0, 0.05) is 6.07 Å². The van der Waals surface area contributed by atoms with Crippen molar-refractivity contribution in [2.24, 2.45) is 0 Å². The van der Waals surface area contributed by atoms with E-state index in [1.165, 1.54) is 25.4 Å². The highest BCUT2D eigenvalue weighted by Gasteiger charge is 2.15. The molecule has 1 heterocycles. The Kier molecular flexibility index (Phi) is 4.15. The third-order valence-electron chi connectivity index (χ3n) is 2.62. The van der Waals surface area contributed by atoms with Gasteiger partial charge < -0.3 is 4.74 Å². The molecule has 1 aromatic heterocycles. The van der Waals surface area contributed by atoms with Crippen LogP contribution in [0.25, 0.3) is 0 Å². The Labute approximate surface area is 122 Å². The molecule has 0 aliphatic rings. The number of aryl methyl sites for hydroxylation is 1. The number of rotatable bonds is 4. The summed E-state index contributed by atoms with van der Waals surface area (Å²) in [6.07, 6.45) is 1.37. The number of hydrogen-bond donors (Lipinski definition) is 1. The minimum atomic E-state index is -3.69. The first kappa shape index (κ1) is 14.6. The van der Waals surface area contributed by atoms with Gasteiger partial charge in [-0.3, -0.25) is 4.72 Å². The average Bonchev–Trinajstić information content (AvgIpc) is 2.43. The molecule has 0 spiro atoms. The molecule has 1 aromatic carbocycles. The Morgan fingerprint density at radius 2 is 2.05 bits per heavy atom. The first-order chi connectivity index (χ1) is 9.42. The van der Waals surface area contributed by atoms with E-state index >= 15 is 0 Å². The summed E-state index contributed by atoms with van der Waals surface area (Å²) in [7, 11) is -2.21. The van der Waals surface area contributed by atoms with Crippen molar-refractivity contribution >= 4 is 27.3 Å². The largest absolute Gasteiger partial charge is 0.497 e. The summed E-state index contributed by atoms with van der Waals surface area (Å²) < 4.78 is 31.9. The van der Waals surface area contributed by atoms with E-state index < -0.39 is 10.0 Å². The number of benzene rings is 1. The van der Waals surface area contributed by atoms with Crippen LogP contribution in [0.15, 0.2) is 41.4 Å². The number of nitrogens with zero attached hydrogens (tertiary/aromatic N) is 1. The fraction of sp³-hybridized carbons (Fsp3) is 0.154. The minimum Gasteiger partial charge on any atom is -0.497 e. The smallest absolute Gasteiger partial charge is 0.262 e. The summed E-state index contributed by atoms with van der Waals surface area (Å²) >= 11 is 5.80. The fourth-order valence-electron chi connectivity index (χ4n) is 1.60. The summed E-state index contributed by atoms with van der Waals surface area (Å²) in [4.78, 5) is 4.02. The molecular weight excluding hydrogens is 300 g/mol. The second-order valence-corrected chi connectivity index (χ2v) is 6.16. The van der Waals surface area contributed by atoms with Crippen molar-refractivity contribution in [1.29, 1.82) is 0 Å². The van der Waals surface area contributed by atoms with Crippen molar-refractivity contribution in [2.45, 2.75) is 11.8 Å². The van der Waals surface area contributed by atoms with Gasteiger partial charge in [-0.05, 0) is 30.7 Å². The SMILES string of the molecule is COc1cccc(S(=O)(=O)Nc2cnc(Cl)c(C)c2)c1. The van der Waals surface area contributed by atoms with Crippen LogP contribution in [-0.4, -0.2) is 20.5 Å². The Morgan fingerprint density at radius 3 is 2.70 bits per heavy atom. The molecule has 0 atom stereocenters. The minimum absolute atomic E-state index is 0.115. The summed E-state index contributed by atoms with van der Waals surface area (Å²) in [5.74, 6) is 0.471. The van der Waals surface area contributed by atoms with Gasteiger partial charge in [-0.1, -0.05) is 17.7 Å². The quantitative estimate of drug-likeness (QED) is 0.881. The van der Waals surface area contributed by atoms with E-state index in [9.17, 15) is 8.42 Å². The highest BCUT2D eigenvalue weighted by Crippen LogP contribution is 2.22. The number of hydrogen-bond acceptors (Lipinski definition) is 4. The topological polar surface area (TPSA) is 68.3 Å². The molecule has 2 rings (SSSR count). The Morgan fingerprint density at radius 1 is 1.30 bits per heavy atom. The van der Waals surface area contributed by atoms with Crippen LogP contribution < -0.4 is 9.46 Å². The van der Waals surface area contributed by atoms with Gasteiger partial charge in [0.05, 0.1) is 23.9 Å². The number of sulfonamides is 1. The molecule has 0 aliphatic heterocycles. The van der Waals surface area contributed by atoms with E-state index in [1.54, 1.807) is 25.1 Å². The highest BCUT2D eigenvalue weighted by molar-refractivity contribution is 7.92. The maximum atomic E-state index is 12.2. The molecule has 0 fully saturated rings. The molecule has 0 aliphatic carbocycles. The number of methoxy groups -OCH3 is 1. The summed E-state index contributed by atoms with van der Waals surface area (Å²) in [6, 6.07) is 7.83. The molecule has 106 valence electrons. The summed E-state index contributed by atoms with van der Waals surface area (Å²) in [5.41, 5.74) is 1.05. The Balaban J connectivity index is 2.32. The monoisotopic (exact) mass is 312 g/mol. The third-order valence-corrected chi connectivity index (χ3v) is 4.39. The average molecular weight is 313 g/mol. The number of ether oxygens (including phenoxy) is 1. The zero-order valence-electron chi connectivity index (χ0n) is 10.9. The van der Waals surface area contributed by atoms with Crippen LogP contribution in [0.4, 0.5) is 5.69 Å². The van der Waals surface area contributed by atoms with E-state index in [2.05, 4.69) is 9.71 Å². The van der Waals surface area contributed by atoms with Gasteiger partial charge in [-0.2, -0.15) is 0 Å². The van der Waals surface area contributed by atoms with Crippen LogP contribution in [0.3, 0.4) is 0 Å². The van der Waals surface area contributed by atoms with Gasteiger partial charge in [-0.15, -0.1) is 0 Å². The van der Waals surface area contributed by atoms with Crippen molar-refractivity contribution in [1.82, 2.24) is 4.98 Å². The van der Waals surface area contributed by atoms with Crippen LogP contribution in [0, 0.1) is 6.92 Å². The molecule has 0 bridgehead atoms. The lowest BCUT2D eigenvalue weighted by Crippen LogP contribution is -2.13. The standard InChI is InChI=1S/C13H13ClN2O3S/c1-9-6-10(8-15-13(9)14)16-20(17,18)12-5-3-4-11(7-12)19-2/h3-8,16H,1-2H3. The van der Waals surface area contributed by atoms with Crippen LogP contribution >= 0.6 is 11.6 Å². The van der Waals surface area contributed by atoms with Crippen LogP contribution in [-0.2, 0) is 10.0 Å². The van der Waals surface area contributed by atoms with Gasteiger partial charge >= 0.3 is 0 Å². The molecule has 2 aromatic rings. The van der Waals surface area contributed by atoms with Gasteiger partial charge in [0.1, 0.15) is 10.9 Å². The Hall–Kier alpha value is -1.79. The van der Waals surface area contributed by atoms with Crippen LogP contribution in [0.2, 0.25) is 5.15 Å². The molecule has 0 amide bonds. The van der Waals surface area contributed by atoms with Crippen molar-refractivity contribution in [3.05, 3.63) is 47.2 Å². The van der Waals surface area contributed by atoms with Crippen molar-refractivity contribution < 1.29 is 13.2 Å². The van der Waals surface area contributed by atoms with Crippen LogP contribution in [0.5, 0.6) is 5.75 Å². The summed E-state index contributed by atoms with van der Waals surface area (Å²) in [6.45, 7) is 1.75. The second kappa shape index (κ2) is 5.68. The molecular formula is C13H13ClN2O3S. The zero-order chi connectivity index (χ0) is 14.8. The number of anilines is 1.